The number of amides is 3. The minimum absolute atomic E-state index is 0.00944. The summed E-state index contributed by atoms with van der Waals surface area (Å²) in [5, 5.41) is 34.7. The van der Waals surface area contributed by atoms with Crippen molar-refractivity contribution in [1.29, 1.82) is 0 Å². The summed E-state index contributed by atoms with van der Waals surface area (Å²) < 4.78 is 0. The van der Waals surface area contributed by atoms with Crippen LogP contribution in [0.15, 0.2) is 30.3 Å². The van der Waals surface area contributed by atoms with E-state index < -0.39 is 61.1 Å². The number of aliphatic hydroxyl groups excluding tert-OH is 2. The van der Waals surface area contributed by atoms with Crippen molar-refractivity contribution < 1.29 is 34.5 Å². The normalized spacial score (nSPS) is 14.5. The molecular weight excluding hydrogens is 440 g/mol. The van der Waals surface area contributed by atoms with Crippen LogP contribution in [0.2, 0.25) is 0 Å². The number of nitrogens with two attached hydrogens (primary N) is 1. The van der Waals surface area contributed by atoms with Crippen molar-refractivity contribution in [3.63, 3.8) is 0 Å². The molecule has 0 aliphatic carbocycles. The third kappa shape index (κ3) is 9.22. The molecule has 12 heteroatoms. The van der Waals surface area contributed by atoms with E-state index in [-0.39, 0.29) is 6.42 Å². The lowest BCUT2D eigenvalue weighted by Crippen LogP contribution is -2.58. The molecule has 0 fully saturated rings. The van der Waals surface area contributed by atoms with Crippen molar-refractivity contribution >= 4 is 35.5 Å². The number of hydrogen-bond acceptors (Lipinski definition) is 8. The third-order valence-corrected chi connectivity index (χ3v) is 5.14. The molecule has 0 aliphatic heterocycles. The molecule has 1 aromatic carbocycles. The van der Waals surface area contributed by atoms with Crippen LogP contribution in [-0.2, 0) is 25.6 Å². The van der Waals surface area contributed by atoms with Gasteiger partial charge in [0, 0.05) is 6.42 Å². The first-order valence-electron chi connectivity index (χ1n) is 9.87. The zero-order valence-corrected chi connectivity index (χ0v) is 18.5. The Balaban J connectivity index is 2.93. The van der Waals surface area contributed by atoms with Gasteiger partial charge in [0.1, 0.15) is 18.1 Å². The van der Waals surface area contributed by atoms with Crippen molar-refractivity contribution in [1.82, 2.24) is 16.0 Å². The molecular formula is C20H30N4O7S. The maximum atomic E-state index is 12.7. The topological polar surface area (TPSA) is 191 Å². The number of carbonyl (C=O) groups excluding carboxylic acids is 3. The summed E-state index contributed by atoms with van der Waals surface area (Å²) in [4.78, 5) is 48.6. The Bertz CT molecular complexity index is 766. The molecule has 0 aliphatic rings. The number of carboxylic acids is 1. The van der Waals surface area contributed by atoms with Gasteiger partial charge < -0.3 is 37.0 Å². The quantitative estimate of drug-likeness (QED) is 0.159. The highest BCUT2D eigenvalue weighted by Crippen LogP contribution is 2.05. The second-order valence-electron chi connectivity index (χ2n) is 6.96. The van der Waals surface area contributed by atoms with Crippen LogP contribution in [0.3, 0.4) is 0 Å². The first-order valence-corrected chi connectivity index (χ1v) is 11.3. The molecule has 0 saturated carbocycles. The van der Waals surface area contributed by atoms with Gasteiger partial charge in [-0.1, -0.05) is 30.3 Å². The summed E-state index contributed by atoms with van der Waals surface area (Å²) >= 11 is 1.51. The Labute approximate surface area is 190 Å². The zero-order valence-electron chi connectivity index (χ0n) is 17.7. The van der Waals surface area contributed by atoms with E-state index in [9.17, 15) is 24.3 Å². The summed E-state index contributed by atoms with van der Waals surface area (Å²) in [6.45, 7) is -1.57. The van der Waals surface area contributed by atoms with Gasteiger partial charge in [-0.15, -0.1) is 0 Å². The molecule has 0 bridgehead atoms. The van der Waals surface area contributed by atoms with Gasteiger partial charge >= 0.3 is 5.97 Å². The van der Waals surface area contributed by atoms with Gasteiger partial charge in [0.2, 0.25) is 17.7 Å². The summed E-state index contributed by atoms with van der Waals surface area (Å²) in [6.07, 6.45) is 2.25. The average Bonchev–Trinajstić information content (AvgIpc) is 2.78. The van der Waals surface area contributed by atoms with Crippen LogP contribution in [0.25, 0.3) is 0 Å². The van der Waals surface area contributed by atoms with Crippen LogP contribution in [0, 0.1) is 0 Å². The lowest BCUT2D eigenvalue weighted by molar-refractivity contribution is -0.143. The van der Waals surface area contributed by atoms with Crippen molar-refractivity contribution in [2.24, 2.45) is 5.73 Å². The fourth-order valence-corrected chi connectivity index (χ4v) is 3.13. The molecule has 0 saturated heterocycles. The number of rotatable bonds is 14. The minimum Gasteiger partial charge on any atom is -0.480 e. The minimum atomic E-state index is -1.56. The first-order chi connectivity index (χ1) is 15.2. The lowest BCUT2D eigenvalue weighted by atomic mass is 10.0. The van der Waals surface area contributed by atoms with E-state index in [0.29, 0.717) is 17.7 Å². The number of benzene rings is 1. The summed E-state index contributed by atoms with van der Waals surface area (Å²) in [5.74, 6) is -3.11. The zero-order chi connectivity index (χ0) is 24.1. The Morgan fingerprint density at radius 3 is 1.97 bits per heavy atom. The number of thioether (sulfide) groups is 1. The number of aliphatic hydroxyl groups is 2. The van der Waals surface area contributed by atoms with Crippen LogP contribution in [0.1, 0.15) is 12.0 Å². The van der Waals surface area contributed by atoms with Crippen LogP contribution in [-0.4, -0.2) is 88.4 Å². The largest absolute Gasteiger partial charge is 0.480 e. The maximum Gasteiger partial charge on any atom is 0.328 e. The second kappa shape index (κ2) is 14.4. The van der Waals surface area contributed by atoms with Crippen molar-refractivity contribution in [2.45, 2.75) is 37.0 Å². The highest BCUT2D eigenvalue weighted by Gasteiger charge is 2.30. The summed E-state index contributed by atoms with van der Waals surface area (Å²) in [7, 11) is 0. The van der Waals surface area contributed by atoms with Crippen LogP contribution < -0.4 is 21.7 Å². The lowest BCUT2D eigenvalue weighted by Gasteiger charge is -2.24. The molecule has 178 valence electrons. The van der Waals surface area contributed by atoms with Crippen LogP contribution >= 0.6 is 11.8 Å². The smallest absolute Gasteiger partial charge is 0.328 e. The van der Waals surface area contributed by atoms with Gasteiger partial charge in [-0.3, -0.25) is 14.4 Å². The Kier molecular flexibility index (Phi) is 12.3. The molecule has 11 nitrogen and oxygen atoms in total. The molecule has 1 aromatic rings. The number of carboxylic acid groups (broad SMARTS) is 1. The van der Waals surface area contributed by atoms with Gasteiger partial charge in [-0.05, 0) is 24.0 Å². The standard InChI is InChI=1S/C20H30N4O7S/c1-32-8-7-13(21)17(27)23-15(10-25)19(29)22-14(9-12-5-3-2-4-6-12)18(28)24-16(11-26)20(30)31/h2-6,13-16,25-26H,7-11,21H2,1H3,(H,22,29)(H,23,27)(H,24,28)(H,30,31). The molecule has 0 spiro atoms. The molecule has 32 heavy (non-hydrogen) atoms. The molecule has 0 aromatic heterocycles. The van der Waals surface area contributed by atoms with Gasteiger partial charge in [0.05, 0.1) is 19.3 Å². The van der Waals surface area contributed by atoms with E-state index in [4.69, 9.17) is 15.9 Å². The van der Waals surface area contributed by atoms with E-state index >= 15 is 0 Å². The number of nitrogens with one attached hydrogen (secondary N) is 3. The molecule has 0 radical (unpaired) electrons. The predicted octanol–water partition coefficient (Wildman–Crippen LogP) is -2.17. The van der Waals surface area contributed by atoms with Gasteiger partial charge in [0.15, 0.2) is 0 Å². The van der Waals surface area contributed by atoms with E-state index in [1.807, 2.05) is 6.26 Å². The third-order valence-electron chi connectivity index (χ3n) is 4.50. The molecule has 4 atom stereocenters. The highest BCUT2D eigenvalue weighted by molar-refractivity contribution is 7.98. The number of carbonyl (C=O) groups is 4. The molecule has 3 amide bonds. The fraction of sp³-hybridized carbons (Fsp3) is 0.500. The van der Waals surface area contributed by atoms with E-state index in [1.54, 1.807) is 30.3 Å². The summed E-state index contributed by atoms with van der Waals surface area (Å²) in [5.41, 5.74) is 6.45. The second-order valence-corrected chi connectivity index (χ2v) is 7.95. The van der Waals surface area contributed by atoms with E-state index in [2.05, 4.69) is 16.0 Å². The first kappa shape index (κ1) is 27.4. The number of hydrogen-bond donors (Lipinski definition) is 7. The van der Waals surface area contributed by atoms with E-state index in [1.165, 1.54) is 11.8 Å². The Morgan fingerprint density at radius 1 is 0.906 bits per heavy atom. The molecule has 4 unspecified atom stereocenters. The van der Waals surface area contributed by atoms with Crippen molar-refractivity contribution in [3.8, 4) is 0 Å². The maximum absolute atomic E-state index is 12.7. The molecule has 1 rings (SSSR count). The number of aliphatic carboxylic acids is 1. The van der Waals surface area contributed by atoms with Gasteiger partial charge in [0.25, 0.3) is 0 Å². The van der Waals surface area contributed by atoms with Crippen LogP contribution in [0.4, 0.5) is 0 Å². The highest BCUT2D eigenvalue weighted by atomic mass is 32.2. The average molecular weight is 471 g/mol. The van der Waals surface area contributed by atoms with Crippen LogP contribution in [0.5, 0.6) is 0 Å². The van der Waals surface area contributed by atoms with E-state index in [0.717, 1.165) is 0 Å². The van der Waals surface area contributed by atoms with Crippen molar-refractivity contribution in [2.75, 3.05) is 25.2 Å². The monoisotopic (exact) mass is 470 g/mol. The SMILES string of the molecule is CSCCC(N)C(=O)NC(CO)C(=O)NC(Cc1ccccc1)C(=O)NC(CO)C(=O)O. The summed E-state index contributed by atoms with van der Waals surface area (Å²) in [6, 6.07) is 3.64. The fourth-order valence-electron chi connectivity index (χ4n) is 2.64. The van der Waals surface area contributed by atoms with Crippen molar-refractivity contribution in [3.05, 3.63) is 35.9 Å². The Morgan fingerprint density at radius 2 is 1.44 bits per heavy atom. The molecule has 0 heterocycles. The van der Waals surface area contributed by atoms with Gasteiger partial charge in [-0.25, -0.2) is 4.79 Å². The Hall–Kier alpha value is -2.67. The molecule has 8 N–H and O–H groups in total. The predicted molar refractivity (Wildman–Crippen MR) is 119 cm³/mol. The van der Waals surface area contributed by atoms with Gasteiger partial charge in [-0.2, -0.15) is 11.8 Å².